The van der Waals surface area contributed by atoms with Crippen molar-refractivity contribution in [3.05, 3.63) is 12.2 Å². The van der Waals surface area contributed by atoms with Crippen molar-refractivity contribution in [3.8, 4) is 0 Å². The lowest BCUT2D eigenvalue weighted by atomic mass is 10.2. The third-order valence-electron chi connectivity index (χ3n) is 2.18. The van der Waals surface area contributed by atoms with Crippen LogP contribution in [0.2, 0.25) is 0 Å². The Hall–Kier alpha value is -0.380. The lowest BCUT2D eigenvalue weighted by Crippen LogP contribution is -2.22. The van der Waals surface area contributed by atoms with Gasteiger partial charge in [-0.05, 0) is 25.7 Å². The van der Waals surface area contributed by atoms with E-state index in [-0.39, 0.29) is 13.2 Å². The molecule has 0 amide bonds. The number of aliphatic hydroxyl groups excluding tert-OH is 2. The second kappa shape index (κ2) is 11.7. The van der Waals surface area contributed by atoms with Gasteiger partial charge in [-0.15, -0.1) is 0 Å². The number of allylic oxidation sites excluding steroid dienone is 2. The molecule has 3 nitrogen and oxygen atoms in total. The summed E-state index contributed by atoms with van der Waals surface area (Å²) in [6, 6.07) is 0. The first-order valence-electron chi connectivity index (χ1n) is 5.83. The molecule has 0 atom stereocenters. The van der Waals surface area contributed by atoms with Crippen LogP contribution < -0.4 is 0 Å². The topological polar surface area (TPSA) is 49.7 Å². The molecule has 3 heteroatoms. The van der Waals surface area contributed by atoms with Crippen LogP contribution in [0.25, 0.3) is 0 Å². The molecule has 0 saturated heterocycles. The number of rotatable bonds is 10. The van der Waals surface area contributed by atoms with E-state index in [4.69, 9.17) is 14.9 Å². The van der Waals surface area contributed by atoms with Crippen LogP contribution in [0.1, 0.15) is 39.0 Å². The van der Waals surface area contributed by atoms with E-state index in [1.54, 1.807) is 0 Å². The largest absolute Gasteiger partial charge is 0.394 e. The Morgan fingerprint density at radius 2 is 1.80 bits per heavy atom. The van der Waals surface area contributed by atoms with Gasteiger partial charge in [0.15, 0.2) is 0 Å². The molecule has 0 radical (unpaired) electrons. The van der Waals surface area contributed by atoms with Crippen LogP contribution in [-0.4, -0.2) is 36.1 Å². The van der Waals surface area contributed by atoms with Crippen molar-refractivity contribution >= 4 is 0 Å². The molecule has 0 aliphatic carbocycles. The molecule has 0 aromatic carbocycles. The van der Waals surface area contributed by atoms with E-state index in [0.717, 1.165) is 25.7 Å². The lowest BCUT2D eigenvalue weighted by molar-refractivity contribution is -0.0208. The van der Waals surface area contributed by atoms with Gasteiger partial charge in [-0.25, -0.2) is 0 Å². The summed E-state index contributed by atoms with van der Waals surface area (Å²) in [6.45, 7) is 2.56. The SMILES string of the molecule is CC/C=C/CCCCCOC(CO)CO. The monoisotopic (exact) mass is 216 g/mol. The summed E-state index contributed by atoms with van der Waals surface area (Å²) in [5.74, 6) is 0. The molecule has 0 aliphatic rings. The van der Waals surface area contributed by atoms with Gasteiger partial charge in [0.05, 0.1) is 13.2 Å². The van der Waals surface area contributed by atoms with Crippen molar-refractivity contribution in [1.82, 2.24) is 0 Å². The van der Waals surface area contributed by atoms with Crippen LogP contribution in [-0.2, 0) is 4.74 Å². The number of ether oxygens (including phenoxy) is 1. The second-order valence-corrected chi connectivity index (χ2v) is 3.59. The molecule has 0 aromatic rings. The normalized spacial score (nSPS) is 11.7. The minimum absolute atomic E-state index is 0.101. The van der Waals surface area contributed by atoms with Gasteiger partial charge in [0.25, 0.3) is 0 Å². The minimum atomic E-state index is -0.398. The molecule has 0 saturated carbocycles. The number of aliphatic hydroxyl groups is 2. The maximum Gasteiger partial charge on any atom is 0.104 e. The summed E-state index contributed by atoms with van der Waals surface area (Å²) in [5, 5.41) is 17.5. The van der Waals surface area contributed by atoms with E-state index in [1.165, 1.54) is 6.42 Å². The summed E-state index contributed by atoms with van der Waals surface area (Å²) >= 11 is 0. The van der Waals surface area contributed by atoms with Gasteiger partial charge < -0.3 is 14.9 Å². The zero-order valence-electron chi connectivity index (χ0n) is 9.69. The van der Waals surface area contributed by atoms with Gasteiger partial charge in [-0.1, -0.05) is 25.5 Å². The molecule has 0 aromatic heterocycles. The first-order chi connectivity index (χ1) is 7.35. The number of hydrogen-bond donors (Lipinski definition) is 2. The Morgan fingerprint density at radius 1 is 1.07 bits per heavy atom. The fourth-order valence-corrected chi connectivity index (χ4v) is 1.24. The lowest BCUT2D eigenvalue weighted by Gasteiger charge is -2.11. The second-order valence-electron chi connectivity index (χ2n) is 3.59. The molecule has 0 heterocycles. The van der Waals surface area contributed by atoms with E-state index >= 15 is 0 Å². The molecule has 0 fully saturated rings. The predicted molar refractivity (Wildman–Crippen MR) is 61.8 cm³/mol. The predicted octanol–water partition coefficient (Wildman–Crippen LogP) is 1.88. The highest BCUT2D eigenvalue weighted by Crippen LogP contribution is 2.02. The van der Waals surface area contributed by atoms with Crippen LogP contribution in [0.4, 0.5) is 0 Å². The van der Waals surface area contributed by atoms with Gasteiger partial charge in [0.1, 0.15) is 6.10 Å². The van der Waals surface area contributed by atoms with Gasteiger partial charge >= 0.3 is 0 Å². The summed E-state index contributed by atoms with van der Waals surface area (Å²) < 4.78 is 5.25. The maximum atomic E-state index is 8.73. The van der Waals surface area contributed by atoms with Crippen molar-refractivity contribution in [2.45, 2.75) is 45.1 Å². The quantitative estimate of drug-likeness (QED) is 0.433. The molecule has 2 N–H and O–H groups in total. The highest BCUT2D eigenvalue weighted by molar-refractivity contribution is 4.79. The van der Waals surface area contributed by atoms with Crippen molar-refractivity contribution in [3.63, 3.8) is 0 Å². The molecule has 0 bridgehead atoms. The Labute approximate surface area is 92.8 Å². The average molecular weight is 216 g/mol. The van der Waals surface area contributed by atoms with Crippen LogP contribution in [0, 0.1) is 0 Å². The Bertz CT molecular complexity index is 142. The number of hydrogen-bond acceptors (Lipinski definition) is 3. The van der Waals surface area contributed by atoms with E-state index in [1.807, 2.05) is 0 Å². The van der Waals surface area contributed by atoms with Gasteiger partial charge in [0, 0.05) is 6.61 Å². The van der Waals surface area contributed by atoms with Gasteiger partial charge in [-0.3, -0.25) is 0 Å². The van der Waals surface area contributed by atoms with Crippen molar-refractivity contribution in [2.24, 2.45) is 0 Å². The van der Waals surface area contributed by atoms with Crippen LogP contribution in [0.15, 0.2) is 12.2 Å². The summed E-state index contributed by atoms with van der Waals surface area (Å²) in [5.41, 5.74) is 0. The molecular formula is C12H24O3. The summed E-state index contributed by atoms with van der Waals surface area (Å²) in [4.78, 5) is 0. The van der Waals surface area contributed by atoms with E-state index in [2.05, 4.69) is 19.1 Å². The molecule has 90 valence electrons. The van der Waals surface area contributed by atoms with Crippen LogP contribution in [0.5, 0.6) is 0 Å². The zero-order valence-corrected chi connectivity index (χ0v) is 9.69. The Balaban J connectivity index is 3.13. The fourth-order valence-electron chi connectivity index (χ4n) is 1.24. The van der Waals surface area contributed by atoms with Gasteiger partial charge in [0.2, 0.25) is 0 Å². The summed E-state index contributed by atoms with van der Waals surface area (Å²) in [6.07, 6.45) is 9.56. The zero-order chi connectivity index (χ0) is 11.4. The molecular weight excluding hydrogens is 192 g/mol. The third kappa shape index (κ3) is 9.91. The molecule has 0 unspecified atom stereocenters. The van der Waals surface area contributed by atoms with E-state index < -0.39 is 6.10 Å². The molecule has 15 heavy (non-hydrogen) atoms. The van der Waals surface area contributed by atoms with E-state index in [0.29, 0.717) is 6.61 Å². The van der Waals surface area contributed by atoms with Crippen molar-refractivity contribution in [1.29, 1.82) is 0 Å². The van der Waals surface area contributed by atoms with Crippen LogP contribution >= 0.6 is 0 Å². The van der Waals surface area contributed by atoms with E-state index in [9.17, 15) is 0 Å². The highest BCUT2D eigenvalue weighted by atomic mass is 16.5. The highest BCUT2D eigenvalue weighted by Gasteiger charge is 2.03. The molecule has 0 spiro atoms. The standard InChI is InChI=1S/C12H24O3/c1-2-3-4-5-6-7-8-9-15-12(10-13)11-14/h3-4,12-14H,2,5-11H2,1H3/b4-3+. The number of unbranched alkanes of at least 4 members (excludes halogenated alkanes) is 3. The van der Waals surface area contributed by atoms with Gasteiger partial charge in [-0.2, -0.15) is 0 Å². The Kier molecular flexibility index (Phi) is 11.4. The first-order valence-corrected chi connectivity index (χ1v) is 5.83. The maximum absolute atomic E-state index is 8.73. The minimum Gasteiger partial charge on any atom is -0.394 e. The smallest absolute Gasteiger partial charge is 0.104 e. The van der Waals surface area contributed by atoms with Crippen molar-refractivity contribution in [2.75, 3.05) is 19.8 Å². The third-order valence-corrected chi connectivity index (χ3v) is 2.18. The fraction of sp³-hybridized carbons (Fsp3) is 0.833. The Morgan fingerprint density at radius 3 is 2.40 bits per heavy atom. The first kappa shape index (κ1) is 14.6. The van der Waals surface area contributed by atoms with Crippen molar-refractivity contribution < 1.29 is 14.9 Å². The average Bonchev–Trinajstić information content (AvgIpc) is 2.27. The summed E-state index contributed by atoms with van der Waals surface area (Å²) in [7, 11) is 0. The molecule has 0 aliphatic heterocycles. The van der Waals surface area contributed by atoms with Crippen LogP contribution in [0.3, 0.4) is 0 Å². The molecule has 0 rings (SSSR count).